The van der Waals surface area contributed by atoms with Gasteiger partial charge in [-0.25, -0.2) is 4.98 Å². The normalized spacial score (nSPS) is 12.0. The lowest BCUT2D eigenvalue weighted by Gasteiger charge is -2.15. The van der Waals surface area contributed by atoms with Gasteiger partial charge in [0, 0.05) is 34.3 Å². The van der Waals surface area contributed by atoms with Gasteiger partial charge < -0.3 is 10.3 Å². The average molecular weight is 332 g/mol. The van der Waals surface area contributed by atoms with Crippen LogP contribution in [0.4, 0.5) is 0 Å². The molecule has 7 heteroatoms. The molecule has 0 aliphatic heterocycles. The van der Waals surface area contributed by atoms with E-state index in [2.05, 4.69) is 25.3 Å². The average Bonchev–Trinajstić information content (AvgIpc) is 3.07. The molecule has 0 aliphatic rings. The highest BCUT2D eigenvalue weighted by atomic mass is 16.1. The molecule has 1 amide bonds. The first kappa shape index (κ1) is 16.3. The van der Waals surface area contributed by atoms with Crippen LogP contribution in [-0.4, -0.2) is 22.4 Å². The molecule has 2 aromatic heterocycles. The van der Waals surface area contributed by atoms with E-state index in [1.165, 1.54) is 6.08 Å². The van der Waals surface area contributed by atoms with E-state index in [0.717, 1.165) is 22.2 Å². The van der Waals surface area contributed by atoms with Gasteiger partial charge in [-0.2, -0.15) is 0 Å². The number of fused-ring (bicyclic) bond motifs is 1. The summed E-state index contributed by atoms with van der Waals surface area (Å²) in [5, 5.41) is 7.39. The summed E-state index contributed by atoms with van der Waals surface area (Å²) in [5.74, 6) is -0.264. The Morgan fingerprint density at radius 2 is 2.16 bits per heavy atom. The molecule has 0 saturated carbocycles. The minimum Gasteiger partial charge on any atom is -0.346 e. The highest BCUT2D eigenvalue weighted by Crippen LogP contribution is 2.17. The molecule has 7 nitrogen and oxygen atoms in total. The number of benzene rings is 1. The summed E-state index contributed by atoms with van der Waals surface area (Å²) < 4.78 is 0. The number of hydrogen-bond acceptors (Lipinski definition) is 3. The number of amides is 1. The van der Waals surface area contributed by atoms with Crippen molar-refractivity contribution >= 4 is 23.0 Å². The van der Waals surface area contributed by atoms with Gasteiger partial charge in [-0.15, -0.1) is 0 Å². The third kappa shape index (κ3) is 4.04. The van der Waals surface area contributed by atoms with E-state index in [0.29, 0.717) is 0 Å². The fraction of sp³-hybridized carbons (Fsp3) is 0.111. The van der Waals surface area contributed by atoms with Gasteiger partial charge in [-0.1, -0.05) is 35.4 Å². The first-order valence-electron chi connectivity index (χ1n) is 7.74. The predicted octanol–water partition coefficient (Wildman–Crippen LogP) is 3.74. The van der Waals surface area contributed by atoms with E-state index in [1.54, 1.807) is 18.5 Å². The molecule has 3 aromatic rings. The summed E-state index contributed by atoms with van der Waals surface area (Å²) in [6.45, 7) is 0.150. The Bertz CT molecular complexity index is 940. The van der Waals surface area contributed by atoms with Crippen molar-refractivity contribution in [2.24, 2.45) is 5.11 Å². The molecule has 2 heterocycles. The molecule has 0 bridgehead atoms. The molecule has 1 aromatic carbocycles. The topological polar surface area (TPSA) is 107 Å². The second kappa shape index (κ2) is 7.81. The van der Waals surface area contributed by atoms with E-state index in [9.17, 15) is 4.79 Å². The number of nitrogens with one attached hydrogen (secondary N) is 2. The smallest absolute Gasteiger partial charge is 0.244 e. The van der Waals surface area contributed by atoms with Crippen LogP contribution in [0, 0.1) is 0 Å². The molecule has 0 saturated heterocycles. The lowest BCUT2D eigenvalue weighted by molar-refractivity contribution is -0.117. The van der Waals surface area contributed by atoms with Crippen molar-refractivity contribution in [3.05, 3.63) is 82.5 Å². The van der Waals surface area contributed by atoms with Crippen LogP contribution in [0.3, 0.4) is 0 Å². The number of nitrogens with zero attached hydrogens (tertiary/aromatic N) is 4. The van der Waals surface area contributed by atoms with Crippen molar-refractivity contribution in [1.29, 1.82) is 0 Å². The van der Waals surface area contributed by atoms with E-state index in [-0.39, 0.29) is 18.5 Å². The predicted molar refractivity (Wildman–Crippen MR) is 96.5 cm³/mol. The molecular formula is C18H16N6O. The van der Waals surface area contributed by atoms with Crippen molar-refractivity contribution in [3.8, 4) is 0 Å². The Labute approximate surface area is 144 Å². The Kier molecular flexibility index (Phi) is 5.09. The van der Waals surface area contributed by atoms with Crippen LogP contribution in [0.25, 0.3) is 27.6 Å². The molecule has 1 atom stereocenters. The lowest BCUT2D eigenvalue weighted by atomic mass is 10.1. The maximum atomic E-state index is 12.3. The Morgan fingerprint density at radius 3 is 2.96 bits per heavy atom. The summed E-state index contributed by atoms with van der Waals surface area (Å²) in [6, 6.07) is 12.8. The molecule has 0 spiro atoms. The highest BCUT2D eigenvalue weighted by molar-refractivity contribution is 5.95. The Hall–Kier alpha value is -3.57. The molecule has 3 rings (SSSR count). The van der Waals surface area contributed by atoms with Crippen molar-refractivity contribution < 1.29 is 4.79 Å². The van der Waals surface area contributed by atoms with Crippen LogP contribution in [-0.2, 0) is 4.79 Å². The number of aromatic nitrogens is 2. The number of pyridine rings is 1. The Balaban J connectivity index is 1.74. The van der Waals surface area contributed by atoms with Gasteiger partial charge in [0.15, 0.2) is 0 Å². The molecule has 2 N–H and O–H groups in total. The van der Waals surface area contributed by atoms with Gasteiger partial charge in [0.05, 0.1) is 12.6 Å². The maximum absolute atomic E-state index is 12.3. The molecule has 25 heavy (non-hydrogen) atoms. The first-order chi connectivity index (χ1) is 12.3. The number of aromatic amines is 1. The van der Waals surface area contributed by atoms with Crippen molar-refractivity contribution in [3.63, 3.8) is 0 Å². The number of carbonyl (C=O) groups excluding carboxylic acids is 1. The summed E-state index contributed by atoms with van der Waals surface area (Å²) in [6.07, 6.45) is 6.70. The number of rotatable bonds is 6. The number of azide groups is 1. The van der Waals surface area contributed by atoms with Gasteiger partial charge in [0.2, 0.25) is 5.91 Å². The summed E-state index contributed by atoms with van der Waals surface area (Å²) in [5.41, 5.74) is 11.1. The molecule has 0 fully saturated rings. The van der Waals surface area contributed by atoms with Crippen LogP contribution in [0.1, 0.15) is 17.2 Å². The summed E-state index contributed by atoms with van der Waals surface area (Å²) in [7, 11) is 0. The van der Waals surface area contributed by atoms with Crippen LogP contribution in [0.15, 0.2) is 66.0 Å². The SMILES string of the molecule is [N-]=[N+]=NC[C@@H](NC(=O)/C=C/c1c[nH]c2ncccc12)c1ccccc1. The summed E-state index contributed by atoms with van der Waals surface area (Å²) in [4.78, 5) is 22.3. The first-order valence-corrected chi connectivity index (χ1v) is 7.74. The van der Waals surface area contributed by atoms with Crippen molar-refractivity contribution in [2.75, 3.05) is 6.54 Å². The Morgan fingerprint density at radius 1 is 1.32 bits per heavy atom. The maximum Gasteiger partial charge on any atom is 0.244 e. The number of H-pyrrole nitrogens is 1. The highest BCUT2D eigenvalue weighted by Gasteiger charge is 2.12. The minimum atomic E-state index is -0.376. The van der Waals surface area contributed by atoms with Crippen molar-refractivity contribution in [2.45, 2.75) is 6.04 Å². The lowest BCUT2D eigenvalue weighted by Crippen LogP contribution is -2.28. The fourth-order valence-corrected chi connectivity index (χ4v) is 2.54. The van der Waals surface area contributed by atoms with Gasteiger partial charge in [0.1, 0.15) is 5.65 Å². The molecule has 124 valence electrons. The van der Waals surface area contributed by atoms with E-state index < -0.39 is 0 Å². The number of carbonyl (C=O) groups is 1. The van der Waals surface area contributed by atoms with E-state index in [4.69, 9.17) is 5.53 Å². The zero-order valence-corrected chi connectivity index (χ0v) is 13.3. The molecular weight excluding hydrogens is 316 g/mol. The second-order valence-electron chi connectivity index (χ2n) is 5.36. The molecule has 0 radical (unpaired) electrons. The largest absolute Gasteiger partial charge is 0.346 e. The van der Waals surface area contributed by atoms with Gasteiger partial charge >= 0.3 is 0 Å². The van der Waals surface area contributed by atoms with Gasteiger partial charge in [0.25, 0.3) is 0 Å². The minimum absolute atomic E-state index is 0.150. The quantitative estimate of drug-likeness (QED) is 0.310. The van der Waals surface area contributed by atoms with Crippen LogP contribution >= 0.6 is 0 Å². The van der Waals surface area contributed by atoms with Gasteiger partial charge in [-0.3, -0.25) is 4.79 Å². The zero-order chi connectivity index (χ0) is 17.5. The van der Waals surface area contributed by atoms with Crippen LogP contribution in [0.5, 0.6) is 0 Å². The van der Waals surface area contributed by atoms with Crippen LogP contribution < -0.4 is 5.32 Å². The number of hydrogen-bond donors (Lipinski definition) is 2. The van der Waals surface area contributed by atoms with E-state index in [1.807, 2.05) is 42.5 Å². The standard InChI is InChI=1S/C18H16N6O/c19-24-22-12-16(13-5-2-1-3-6-13)23-17(25)9-8-14-11-21-18-15(14)7-4-10-20-18/h1-11,16H,12H2,(H,20,21)(H,23,25)/b9-8+/t16-/m1/s1. The van der Waals surface area contributed by atoms with Crippen molar-refractivity contribution in [1.82, 2.24) is 15.3 Å². The summed E-state index contributed by atoms with van der Waals surface area (Å²) >= 11 is 0. The van der Waals surface area contributed by atoms with Gasteiger partial charge in [-0.05, 0) is 29.3 Å². The zero-order valence-electron chi connectivity index (χ0n) is 13.3. The third-order valence-electron chi connectivity index (χ3n) is 3.74. The molecule has 0 aliphatic carbocycles. The third-order valence-corrected chi connectivity index (χ3v) is 3.74. The second-order valence-corrected chi connectivity index (χ2v) is 5.36. The van der Waals surface area contributed by atoms with E-state index >= 15 is 0 Å². The van der Waals surface area contributed by atoms with Crippen LogP contribution in [0.2, 0.25) is 0 Å². The molecule has 0 unspecified atom stereocenters. The fourth-order valence-electron chi connectivity index (χ4n) is 2.54. The monoisotopic (exact) mass is 332 g/mol.